The van der Waals surface area contributed by atoms with E-state index in [1.165, 1.54) is 42.5 Å². The molecule has 0 aliphatic rings. The van der Waals surface area contributed by atoms with Gasteiger partial charge in [-0.2, -0.15) is 5.26 Å². The number of terminal acetylenes is 1. The molecule has 15 heteroatoms. The number of nitrogens with zero attached hydrogens (tertiary/aromatic N) is 3. The Hall–Kier alpha value is -8.69. The molecule has 0 unspecified atom stereocenters. The van der Waals surface area contributed by atoms with Crippen LogP contribution in [0.5, 0.6) is 11.5 Å². The van der Waals surface area contributed by atoms with Crippen molar-refractivity contribution in [3.8, 4) is 41.3 Å². The highest BCUT2D eigenvalue weighted by molar-refractivity contribution is 6.10. The summed E-state index contributed by atoms with van der Waals surface area (Å²) in [7, 11) is 0. The quantitative estimate of drug-likeness (QED) is 0.0388. The van der Waals surface area contributed by atoms with Crippen LogP contribution in [0, 0.1) is 23.7 Å². The van der Waals surface area contributed by atoms with Gasteiger partial charge in [0.15, 0.2) is 11.5 Å². The number of aryl methyl sites for hydroxylation is 1. The fraction of sp³-hybridized carbons (Fsp3) is 0.226. The molecule has 0 bridgehead atoms. The number of benzene rings is 5. The number of rotatable bonds is 17. The smallest absolute Gasteiger partial charge is 0.338 e. The standard InChI is InChI=1S/C53H51N7O8/c1-9-12-43(59-49(62)35-16-14-34(15-17-35)47-57-41-27-13-33(31-54)30-44(41)60(47)11-3)51(64)56-39-22-18-36(19-23-39)48(61)58-42-28-26-40(45(66-29-10-2)46(42)67-32(4)5)50(63)55-38-24-20-37(21-25-38)52(65)68-53(6,7)8/h1,10,13-28,30,32,43H,2,11-12,29H2,3-8H3,(H,55,63)(H,56,64)(H,58,61)(H,59,62)/t43-/m0/s1. The molecule has 68 heavy (non-hydrogen) atoms. The van der Waals surface area contributed by atoms with E-state index in [0.29, 0.717) is 40.4 Å². The lowest BCUT2D eigenvalue weighted by Gasteiger charge is -2.21. The predicted molar refractivity (Wildman–Crippen MR) is 261 cm³/mol. The monoisotopic (exact) mass is 913 g/mol. The van der Waals surface area contributed by atoms with Crippen molar-refractivity contribution in [3.05, 3.63) is 144 Å². The van der Waals surface area contributed by atoms with Crippen molar-refractivity contribution in [1.29, 1.82) is 5.26 Å². The molecule has 0 fully saturated rings. The molecule has 15 nitrogen and oxygen atoms in total. The van der Waals surface area contributed by atoms with Crippen LogP contribution in [-0.4, -0.2) is 63.5 Å². The molecular weight excluding hydrogens is 863 g/mol. The predicted octanol–water partition coefficient (Wildman–Crippen LogP) is 9.17. The van der Waals surface area contributed by atoms with Crippen molar-refractivity contribution < 1.29 is 38.2 Å². The first-order valence-corrected chi connectivity index (χ1v) is 21.7. The van der Waals surface area contributed by atoms with Gasteiger partial charge in [-0.05, 0) is 133 Å². The normalized spacial score (nSPS) is 11.4. The van der Waals surface area contributed by atoms with Crippen LogP contribution in [0.15, 0.2) is 116 Å². The van der Waals surface area contributed by atoms with Gasteiger partial charge in [-0.15, -0.1) is 12.3 Å². The lowest BCUT2D eigenvalue weighted by Crippen LogP contribution is -2.43. The Morgan fingerprint density at radius 2 is 1.44 bits per heavy atom. The number of amides is 4. The van der Waals surface area contributed by atoms with Gasteiger partial charge in [0.2, 0.25) is 5.91 Å². The number of aromatic nitrogens is 2. The van der Waals surface area contributed by atoms with Crippen LogP contribution in [0.25, 0.3) is 22.4 Å². The molecule has 0 saturated heterocycles. The van der Waals surface area contributed by atoms with E-state index in [0.717, 1.165) is 16.6 Å². The van der Waals surface area contributed by atoms with Gasteiger partial charge < -0.3 is 40.0 Å². The van der Waals surface area contributed by atoms with Crippen LogP contribution in [0.2, 0.25) is 0 Å². The number of anilines is 3. The highest BCUT2D eigenvalue weighted by Gasteiger charge is 2.26. The topological polar surface area (TPSA) is 203 Å². The Morgan fingerprint density at radius 3 is 2.04 bits per heavy atom. The Morgan fingerprint density at radius 1 is 0.809 bits per heavy atom. The first-order chi connectivity index (χ1) is 32.5. The number of hydrogen-bond acceptors (Lipinski definition) is 10. The molecule has 1 atom stereocenters. The van der Waals surface area contributed by atoms with E-state index in [9.17, 15) is 29.2 Å². The summed E-state index contributed by atoms with van der Waals surface area (Å²) in [6.07, 6.45) is 6.61. The summed E-state index contributed by atoms with van der Waals surface area (Å²) in [6.45, 7) is 15.2. The highest BCUT2D eigenvalue weighted by atomic mass is 16.6. The number of fused-ring (bicyclic) bond motifs is 1. The number of ether oxygens (including phenoxy) is 3. The first kappa shape index (κ1) is 48.8. The molecule has 4 N–H and O–H groups in total. The van der Waals surface area contributed by atoms with Crippen molar-refractivity contribution in [2.75, 3.05) is 22.6 Å². The molecule has 6 rings (SSSR count). The van der Waals surface area contributed by atoms with Crippen molar-refractivity contribution in [1.82, 2.24) is 14.9 Å². The minimum Gasteiger partial charge on any atom is -0.485 e. The average molecular weight is 914 g/mol. The Labute approximate surface area is 394 Å². The number of carbonyl (C=O) groups is 5. The maximum Gasteiger partial charge on any atom is 0.338 e. The second-order valence-corrected chi connectivity index (χ2v) is 16.6. The van der Waals surface area contributed by atoms with Gasteiger partial charge in [0.05, 0.1) is 45.6 Å². The Kier molecular flexibility index (Phi) is 15.4. The second kappa shape index (κ2) is 21.5. The zero-order valence-corrected chi connectivity index (χ0v) is 38.6. The molecule has 6 aromatic rings. The fourth-order valence-corrected chi connectivity index (χ4v) is 6.90. The largest absolute Gasteiger partial charge is 0.485 e. The molecule has 0 aliphatic carbocycles. The number of nitriles is 1. The maximum atomic E-state index is 13.7. The minimum atomic E-state index is -1.08. The van der Waals surface area contributed by atoms with Gasteiger partial charge in [-0.1, -0.05) is 24.8 Å². The van der Waals surface area contributed by atoms with Crippen molar-refractivity contribution in [2.45, 2.75) is 72.3 Å². The zero-order chi connectivity index (χ0) is 49.1. The van der Waals surface area contributed by atoms with E-state index in [-0.39, 0.29) is 41.3 Å². The van der Waals surface area contributed by atoms with Gasteiger partial charge in [-0.25, -0.2) is 9.78 Å². The molecule has 0 saturated carbocycles. The van der Waals surface area contributed by atoms with Crippen molar-refractivity contribution >= 4 is 57.7 Å². The molecule has 346 valence electrons. The van der Waals surface area contributed by atoms with Gasteiger partial charge in [0, 0.05) is 41.0 Å². The van der Waals surface area contributed by atoms with Crippen LogP contribution in [-0.2, 0) is 16.1 Å². The first-order valence-electron chi connectivity index (χ1n) is 21.7. The zero-order valence-electron chi connectivity index (χ0n) is 38.6. The molecular formula is C53H51N7O8. The van der Waals surface area contributed by atoms with Crippen LogP contribution in [0.1, 0.15) is 95.0 Å². The minimum absolute atomic E-state index is 0.0142. The van der Waals surface area contributed by atoms with Crippen LogP contribution < -0.4 is 30.7 Å². The van der Waals surface area contributed by atoms with E-state index in [1.54, 1.807) is 101 Å². The van der Waals surface area contributed by atoms with E-state index < -0.39 is 47.3 Å². The summed E-state index contributed by atoms with van der Waals surface area (Å²) in [4.78, 5) is 71.4. The lowest BCUT2D eigenvalue weighted by molar-refractivity contribution is -0.117. The lowest BCUT2D eigenvalue weighted by atomic mass is 10.1. The van der Waals surface area contributed by atoms with E-state index in [4.69, 9.17) is 25.6 Å². The number of esters is 1. The SMILES string of the molecule is C#CC[C@H](NC(=O)c1ccc(-c2nc3ccc(C#N)cc3n2CC)cc1)C(=O)Nc1ccc(C(=O)Nc2ccc(C(=O)Nc3ccc(C(=O)OC(C)(C)C)cc3)c(OCC=C)c2OC(C)C)cc1. The fourth-order valence-electron chi connectivity index (χ4n) is 6.90. The van der Waals surface area contributed by atoms with Gasteiger partial charge >= 0.3 is 5.97 Å². The molecule has 0 aliphatic heterocycles. The van der Waals surface area contributed by atoms with E-state index in [2.05, 4.69) is 39.8 Å². The van der Waals surface area contributed by atoms with Crippen LogP contribution in [0.4, 0.5) is 17.1 Å². The molecule has 5 aromatic carbocycles. The number of carbonyl (C=O) groups excluding carboxylic acids is 5. The maximum absolute atomic E-state index is 13.7. The summed E-state index contributed by atoms with van der Waals surface area (Å²) >= 11 is 0. The van der Waals surface area contributed by atoms with Crippen molar-refractivity contribution in [2.24, 2.45) is 0 Å². The number of hydrogen-bond donors (Lipinski definition) is 4. The summed E-state index contributed by atoms with van der Waals surface area (Å²) in [6, 6.07) is 28.5. The second-order valence-electron chi connectivity index (χ2n) is 16.6. The number of nitrogens with one attached hydrogen (secondary N) is 4. The molecule has 0 spiro atoms. The molecule has 1 heterocycles. The molecule has 4 amide bonds. The third-order valence-corrected chi connectivity index (χ3v) is 10.0. The molecule has 1 aromatic heterocycles. The third-order valence-electron chi connectivity index (χ3n) is 10.0. The Bertz CT molecular complexity index is 2950. The number of imidazole rings is 1. The molecule has 0 radical (unpaired) electrons. The summed E-state index contributed by atoms with van der Waals surface area (Å²) in [5.41, 5.74) is 4.11. The highest BCUT2D eigenvalue weighted by Crippen LogP contribution is 2.40. The summed E-state index contributed by atoms with van der Waals surface area (Å²) in [5, 5.41) is 20.5. The van der Waals surface area contributed by atoms with Gasteiger partial charge in [0.25, 0.3) is 17.7 Å². The van der Waals surface area contributed by atoms with Crippen molar-refractivity contribution in [3.63, 3.8) is 0 Å². The third kappa shape index (κ3) is 12.0. The van der Waals surface area contributed by atoms with Gasteiger partial charge in [0.1, 0.15) is 24.1 Å². The summed E-state index contributed by atoms with van der Waals surface area (Å²) < 4.78 is 19.5. The van der Waals surface area contributed by atoms with E-state index in [1.807, 2.05) is 11.5 Å². The van der Waals surface area contributed by atoms with Gasteiger partial charge in [-0.3, -0.25) is 19.2 Å². The Balaban J connectivity index is 1.12. The average Bonchev–Trinajstić information content (AvgIpc) is 3.69. The van der Waals surface area contributed by atoms with E-state index >= 15 is 0 Å². The van der Waals surface area contributed by atoms with Crippen LogP contribution in [0.3, 0.4) is 0 Å². The van der Waals surface area contributed by atoms with Crippen LogP contribution >= 0.6 is 0 Å². The summed E-state index contributed by atoms with van der Waals surface area (Å²) in [5.74, 6) is 0.653.